The molecule has 0 aliphatic heterocycles. The van der Waals surface area contributed by atoms with Crippen molar-refractivity contribution in [2.24, 2.45) is 0 Å². The number of para-hydroxylation sites is 1. The quantitative estimate of drug-likeness (QED) is 0.711. The second-order valence-electron chi connectivity index (χ2n) is 6.20. The average molecular weight is 375 g/mol. The number of hydrogen-bond donors (Lipinski definition) is 1. The summed E-state index contributed by atoms with van der Waals surface area (Å²) >= 11 is 1.60. The zero-order valence-electron chi connectivity index (χ0n) is 14.5. The zero-order valence-corrected chi connectivity index (χ0v) is 15.3. The molecule has 0 radical (unpaired) electrons. The number of nitrogens with one attached hydrogen (secondary N) is 1. The number of hydrogen-bond acceptors (Lipinski definition) is 4. The van der Waals surface area contributed by atoms with E-state index in [1.165, 1.54) is 12.1 Å². The van der Waals surface area contributed by atoms with E-state index in [0.29, 0.717) is 6.54 Å². The summed E-state index contributed by atoms with van der Waals surface area (Å²) in [4.78, 5) is 18.6. The van der Waals surface area contributed by atoms with E-state index in [9.17, 15) is 13.6 Å². The molecule has 0 saturated carbocycles. The van der Waals surface area contributed by atoms with Gasteiger partial charge in [0.2, 0.25) is 5.91 Å². The van der Waals surface area contributed by atoms with Crippen LogP contribution in [0, 0.1) is 11.6 Å². The zero-order chi connectivity index (χ0) is 18.7. The fourth-order valence-electron chi connectivity index (χ4n) is 2.74. The number of thiazole rings is 1. The van der Waals surface area contributed by atoms with E-state index >= 15 is 0 Å². The van der Waals surface area contributed by atoms with Crippen molar-refractivity contribution >= 4 is 27.5 Å². The lowest BCUT2D eigenvalue weighted by Crippen LogP contribution is -2.36. The van der Waals surface area contributed by atoms with E-state index in [4.69, 9.17) is 0 Å². The number of nitrogens with zero attached hydrogens (tertiary/aromatic N) is 2. The summed E-state index contributed by atoms with van der Waals surface area (Å²) in [6.07, 6.45) is 0. The molecule has 0 aliphatic rings. The first kappa shape index (κ1) is 18.4. The number of fused-ring (bicyclic) bond motifs is 1. The van der Waals surface area contributed by atoms with Crippen LogP contribution in [0.15, 0.2) is 42.5 Å². The molecule has 0 unspecified atom stereocenters. The van der Waals surface area contributed by atoms with Gasteiger partial charge in [-0.15, -0.1) is 11.3 Å². The SMILES string of the molecule is C[C@H](NC(=O)CN(C)Cc1nc2ccccc2s1)c1ccc(F)cc1F. The molecule has 3 rings (SSSR count). The molecule has 4 nitrogen and oxygen atoms in total. The van der Waals surface area contributed by atoms with Gasteiger partial charge in [-0.05, 0) is 32.2 Å². The molecular formula is C19H19F2N3OS. The Kier molecular flexibility index (Phi) is 5.58. The molecule has 136 valence electrons. The molecule has 1 heterocycles. The van der Waals surface area contributed by atoms with Gasteiger partial charge in [0.25, 0.3) is 0 Å². The van der Waals surface area contributed by atoms with Gasteiger partial charge in [-0.25, -0.2) is 13.8 Å². The third-order valence-electron chi connectivity index (χ3n) is 3.96. The van der Waals surface area contributed by atoms with Crippen molar-refractivity contribution in [3.63, 3.8) is 0 Å². The number of halogens is 2. The van der Waals surface area contributed by atoms with Gasteiger partial charge in [0.1, 0.15) is 16.6 Å². The van der Waals surface area contributed by atoms with Gasteiger partial charge < -0.3 is 5.32 Å². The number of amides is 1. The minimum absolute atomic E-state index is 0.156. The number of aromatic nitrogens is 1. The standard InChI is InChI=1S/C19H19F2N3OS/c1-12(14-8-7-13(20)9-15(14)21)22-18(25)10-24(2)11-19-23-16-5-3-4-6-17(16)26-19/h3-9,12H,10-11H2,1-2H3,(H,22,25)/t12-/m0/s1. The van der Waals surface area contributed by atoms with Crippen LogP contribution in [0.4, 0.5) is 8.78 Å². The summed E-state index contributed by atoms with van der Waals surface area (Å²) in [6.45, 7) is 2.37. The molecule has 2 aromatic carbocycles. The van der Waals surface area contributed by atoms with E-state index in [1.807, 2.05) is 36.2 Å². The van der Waals surface area contributed by atoms with Crippen molar-refractivity contribution in [3.05, 3.63) is 64.7 Å². The third kappa shape index (κ3) is 4.42. The number of rotatable bonds is 6. The molecule has 0 spiro atoms. The van der Waals surface area contributed by atoms with Gasteiger partial charge in [-0.1, -0.05) is 18.2 Å². The highest BCUT2D eigenvalue weighted by Crippen LogP contribution is 2.22. The van der Waals surface area contributed by atoms with Crippen molar-refractivity contribution in [2.45, 2.75) is 19.5 Å². The Bertz CT molecular complexity index is 895. The number of carbonyl (C=O) groups excluding carboxylic acids is 1. The molecule has 0 fully saturated rings. The maximum Gasteiger partial charge on any atom is 0.234 e. The minimum Gasteiger partial charge on any atom is -0.348 e. The Labute approximate surface area is 154 Å². The van der Waals surface area contributed by atoms with Crippen molar-refractivity contribution in [2.75, 3.05) is 13.6 Å². The monoisotopic (exact) mass is 375 g/mol. The molecule has 3 aromatic rings. The Hall–Kier alpha value is -2.38. The lowest BCUT2D eigenvalue weighted by atomic mass is 10.1. The first-order chi connectivity index (χ1) is 12.4. The van der Waals surface area contributed by atoms with Crippen LogP contribution in [0.3, 0.4) is 0 Å². The topological polar surface area (TPSA) is 45.2 Å². The van der Waals surface area contributed by atoms with Crippen LogP contribution in [0.2, 0.25) is 0 Å². The molecule has 0 aliphatic carbocycles. The van der Waals surface area contributed by atoms with E-state index in [-0.39, 0.29) is 18.0 Å². The highest BCUT2D eigenvalue weighted by molar-refractivity contribution is 7.18. The molecule has 0 bridgehead atoms. The van der Waals surface area contributed by atoms with E-state index in [1.54, 1.807) is 18.3 Å². The van der Waals surface area contributed by atoms with Gasteiger partial charge in [0.15, 0.2) is 0 Å². The minimum atomic E-state index is -0.666. The van der Waals surface area contributed by atoms with Crippen LogP contribution in [0.5, 0.6) is 0 Å². The highest BCUT2D eigenvalue weighted by Gasteiger charge is 2.16. The number of likely N-dealkylation sites (N-methyl/N-ethyl adjacent to an activating group) is 1. The number of benzene rings is 2. The fourth-order valence-corrected chi connectivity index (χ4v) is 3.78. The Morgan fingerprint density at radius 2 is 2.04 bits per heavy atom. The van der Waals surface area contributed by atoms with Gasteiger partial charge in [-0.3, -0.25) is 9.69 Å². The van der Waals surface area contributed by atoms with Crippen LogP contribution in [-0.2, 0) is 11.3 Å². The molecule has 26 heavy (non-hydrogen) atoms. The van der Waals surface area contributed by atoms with Crippen LogP contribution < -0.4 is 5.32 Å². The van der Waals surface area contributed by atoms with E-state index in [2.05, 4.69) is 10.3 Å². The normalized spacial score (nSPS) is 12.5. The van der Waals surface area contributed by atoms with Crippen LogP contribution >= 0.6 is 11.3 Å². The third-order valence-corrected chi connectivity index (χ3v) is 4.98. The average Bonchev–Trinajstić information content (AvgIpc) is 2.96. The van der Waals surface area contributed by atoms with Crippen molar-refractivity contribution in [1.29, 1.82) is 0 Å². The molecule has 1 amide bonds. The second kappa shape index (κ2) is 7.88. The van der Waals surface area contributed by atoms with Crippen molar-refractivity contribution in [1.82, 2.24) is 15.2 Å². The van der Waals surface area contributed by atoms with E-state index in [0.717, 1.165) is 21.3 Å². The first-order valence-electron chi connectivity index (χ1n) is 8.19. The molecule has 1 aromatic heterocycles. The summed E-state index contributed by atoms with van der Waals surface area (Å²) in [7, 11) is 1.83. The lowest BCUT2D eigenvalue weighted by Gasteiger charge is -2.19. The predicted molar refractivity (Wildman–Crippen MR) is 98.9 cm³/mol. The predicted octanol–water partition coefficient (Wildman–Crippen LogP) is 3.88. The smallest absolute Gasteiger partial charge is 0.234 e. The number of carbonyl (C=O) groups is 1. The largest absolute Gasteiger partial charge is 0.348 e. The Morgan fingerprint density at radius 1 is 1.27 bits per heavy atom. The molecule has 0 saturated heterocycles. The van der Waals surface area contributed by atoms with Crippen LogP contribution in [-0.4, -0.2) is 29.4 Å². The molecule has 1 N–H and O–H groups in total. The van der Waals surface area contributed by atoms with Gasteiger partial charge in [0, 0.05) is 11.6 Å². The Balaban J connectivity index is 1.56. The summed E-state index contributed by atoms with van der Waals surface area (Å²) < 4.78 is 27.9. The molecule has 1 atom stereocenters. The summed E-state index contributed by atoms with van der Waals surface area (Å²) in [5.74, 6) is -1.54. The van der Waals surface area contributed by atoms with Crippen LogP contribution in [0.1, 0.15) is 23.5 Å². The Morgan fingerprint density at radius 3 is 2.77 bits per heavy atom. The van der Waals surface area contributed by atoms with Gasteiger partial charge in [0.05, 0.1) is 29.3 Å². The molecular weight excluding hydrogens is 356 g/mol. The van der Waals surface area contributed by atoms with Crippen molar-refractivity contribution < 1.29 is 13.6 Å². The maximum absolute atomic E-state index is 13.8. The lowest BCUT2D eigenvalue weighted by molar-refractivity contribution is -0.122. The first-order valence-corrected chi connectivity index (χ1v) is 9.01. The molecule has 7 heteroatoms. The summed E-state index contributed by atoms with van der Waals surface area (Å²) in [6, 6.07) is 10.7. The van der Waals surface area contributed by atoms with Gasteiger partial charge in [-0.2, -0.15) is 0 Å². The van der Waals surface area contributed by atoms with Crippen LogP contribution in [0.25, 0.3) is 10.2 Å². The summed E-state index contributed by atoms with van der Waals surface area (Å²) in [5, 5.41) is 3.67. The summed E-state index contributed by atoms with van der Waals surface area (Å²) in [5.41, 5.74) is 1.21. The van der Waals surface area contributed by atoms with Crippen molar-refractivity contribution in [3.8, 4) is 0 Å². The fraction of sp³-hybridized carbons (Fsp3) is 0.263. The second-order valence-corrected chi connectivity index (χ2v) is 7.32. The maximum atomic E-state index is 13.8. The highest BCUT2D eigenvalue weighted by atomic mass is 32.1. The van der Waals surface area contributed by atoms with E-state index < -0.39 is 17.7 Å². The van der Waals surface area contributed by atoms with Gasteiger partial charge >= 0.3 is 0 Å².